The highest BCUT2D eigenvalue weighted by atomic mass is 19.1. The van der Waals surface area contributed by atoms with E-state index in [2.05, 4.69) is 33.8 Å². The minimum atomic E-state index is -0.248. The Labute approximate surface area is 179 Å². The number of halogens is 1. The average molecular weight is 409 g/mol. The largest absolute Gasteiger partial charge is 0.497 e. The number of aromatic nitrogens is 3. The minimum Gasteiger partial charge on any atom is -0.497 e. The van der Waals surface area contributed by atoms with Crippen LogP contribution in [-0.4, -0.2) is 21.6 Å². The van der Waals surface area contributed by atoms with Gasteiger partial charge in [-0.1, -0.05) is 18.2 Å². The van der Waals surface area contributed by atoms with Gasteiger partial charge in [0.25, 0.3) is 0 Å². The third-order valence-electron chi connectivity index (χ3n) is 6.07. The van der Waals surface area contributed by atoms with Gasteiger partial charge >= 0.3 is 0 Å². The smallest absolute Gasteiger partial charge is 0.141 e. The minimum absolute atomic E-state index is 0.248. The van der Waals surface area contributed by atoms with Crippen molar-refractivity contribution in [3.05, 3.63) is 84.2 Å². The molecule has 0 aliphatic carbocycles. The fourth-order valence-electron chi connectivity index (χ4n) is 4.58. The van der Waals surface area contributed by atoms with Crippen LogP contribution in [0.5, 0.6) is 5.75 Å². The van der Waals surface area contributed by atoms with Crippen LogP contribution < -0.4 is 4.74 Å². The van der Waals surface area contributed by atoms with E-state index in [0.717, 1.165) is 58.3 Å². The fourth-order valence-corrected chi connectivity index (χ4v) is 4.58. The molecule has 0 atom stereocenters. The number of nitrogens with zero attached hydrogens (tertiary/aromatic N) is 2. The van der Waals surface area contributed by atoms with E-state index in [4.69, 9.17) is 9.72 Å². The van der Waals surface area contributed by atoms with E-state index in [1.807, 2.05) is 24.3 Å². The SMILES string of the molecule is COc1ccc(-c2nc(-c3ccc(F)cc3)n3c2-c2[nH]c4ccccc4c2CC3)cc1. The van der Waals surface area contributed by atoms with E-state index in [0.29, 0.717) is 0 Å². The maximum Gasteiger partial charge on any atom is 0.141 e. The number of imidazole rings is 1. The molecule has 4 nitrogen and oxygen atoms in total. The molecule has 152 valence electrons. The van der Waals surface area contributed by atoms with E-state index in [1.165, 1.54) is 23.1 Å². The normalized spacial score (nSPS) is 12.6. The van der Waals surface area contributed by atoms with Crippen molar-refractivity contribution >= 4 is 10.9 Å². The molecule has 6 rings (SSSR count). The van der Waals surface area contributed by atoms with Crippen LogP contribution >= 0.6 is 0 Å². The van der Waals surface area contributed by atoms with Crippen molar-refractivity contribution in [3.8, 4) is 39.8 Å². The topological polar surface area (TPSA) is 42.8 Å². The lowest BCUT2D eigenvalue weighted by Gasteiger charge is -2.19. The lowest BCUT2D eigenvalue weighted by Crippen LogP contribution is -2.11. The molecular weight excluding hydrogens is 389 g/mol. The Morgan fingerprint density at radius 1 is 0.935 bits per heavy atom. The molecule has 5 heteroatoms. The number of H-pyrrole nitrogens is 1. The van der Waals surface area contributed by atoms with Crippen LogP contribution in [0.2, 0.25) is 0 Å². The fraction of sp³-hybridized carbons (Fsp3) is 0.115. The number of hydrogen-bond donors (Lipinski definition) is 1. The second-order valence-electron chi connectivity index (χ2n) is 7.79. The Kier molecular flexibility index (Phi) is 3.96. The molecule has 2 aromatic heterocycles. The number of benzene rings is 3. The molecule has 0 radical (unpaired) electrons. The molecule has 5 aromatic rings. The van der Waals surface area contributed by atoms with Gasteiger partial charge in [-0.25, -0.2) is 9.37 Å². The molecule has 0 spiro atoms. The van der Waals surface area contributed by atoms with Gasteiger partial charge in [-0.3, -0.25) is 0 Å². The van der Waals surface area contributed by atoms with Gasteiger partial charge in [-0.2, -0.15) is 0 Å². The molecule has 0 unspecified atom stereocenters. The average Bonchev–Trinajstić information content (AvgIpc) is 3.38. The zero-order chi connectivity index (χ0) is 20.9. The molecular formula is C26H20FN3O. The monoisotopic (exact) mass is 409 g/mol. The van der Waals surface area contributed by atoms with E-state index in [9.17, 15) is 4.39 Å². The molecule has 31 heavy (non-hydrogen) atoms. The van der Waals surface area contributed by atoms with Crippen LogP contribution in [0, 0.1) is 5.82 Å². The Balaban J connectivity index is 1.63. The Morgan fingerprint density at radius 3 is 2.45 bits per heavy atom. The first kappa shape index (κ1) is 18.0. The van der Waals surface area contributed by atoms with Gasteiger partial charge in [0.1, 0.15) is 17.4 Å². The molecule has 3 heterocycles. The lowest BCUT2D eigenvalue weighted by molar-refractivity contribution is 0.415. The lowest BCUT2D eigenvalue weighted by atomic mass is 9.99. The van der Waals surface area contributed by atoms with E-state index in [1.54, 1.807) is 19.2 Å². The van der Waals surface area contributed by atoms with Gasteiger partial charge in [0, 0.05) is 28.6 Å². The van der Waals surface area contributed by atoms with Gasteiger partial charge < -0.3 is 14.3 Å². The summed E-state index contributed by atoms with van der Waals surface area (Å²) in [5.41, 5.74) is 7.47. The van der Waals surface area contributed by atoms with E-state index >= 15 is 0 Å². The first-order valence-corrected chi connectivity index (χ1v) is 10.3. The first-order valence-electron chi connectivity index (χ1n) is 10.3. The molecule has 3 aromatic carbocycles. The highest BCUT2D eigenvalue weighted by Crippen LogP contribution is 2.42. The molecule has 1 aliphatic rings. The number of para-hydroxylation sites is 1. The van der Waals surface area contributed by atoms with Crippen LogP contribution in [0.15, 0.2) is 72.8 Å². The third kappa shape index (κ3) is 2.77. The molecule has 1 aliphatic heterocycles. The van der Waals surface area contributed by atoms with Crippen LogP contribution in [0.25, 0.3) is 44.9 Å². The van der Waals surface area contributed by atoms with Crippen molar-refractivity contribution in [1.82, 2.24) is 14.5 Å². The second kappa shape index (κ2) is 6.84. The summed E-state index contributed by atoms with van der Waals surface area (Å²) in [4.78, 5) is 8.70. The summed E-state index contributed by atoms with van der Waals surface area (Å²) in [6, 6.07) is 23.0. The van der Waals surface area contributed by atoms with Crippen molar-refractivity contribution in [2.24, 2.45) is 0 Å². The van der Waals surface area contributed by atoms with E-state index in [-0.39, 0.29) is 5.82 Å². The molecule has 0 fully saturated rings. The van der Waals surface area contributed by atoms with Crippen molar-refractivity contribution in [2.75, 3.05) is 7.11 Å². The second-order valence-corrected chi connectivity index (χ2v) is 7.79. The van der Waals surface area contributed by atoms with Crippen LogP contribution in [-0.2, 0) is 13.0 Å². The summed E-state index contributed by atoms with van der Waals surface area (Å²) in [6.07, 6.45) is 0.916. The molecule has 1 N–H and O–H groups in total. The molecule has 0 saturated heterocycles. The van der Waals surface area contributed by atoms with Gasteiger partial charge in [-0.05, 0) is 66.6 Å². The summed E-state index contributed by atoms with van der Waals surface area (Å²) < 4.78 is 21.1. The Morgan fingerprint density at radius 2 is 1.68 bits per heavy atom. The van der Waals surface area contributed by atoms with Crippen molar-refractivity contribution in [2.45, 2.75) is 13.0 Å². The van der Waals surface area contributed by atoms with Gasteiger partial charge in [0.15, 0.2) is 0 Å². The molecule has 0 amide bonds. The number of hydrogen-bond acceptors (Lipinski definition) is 2. The van der Waals surface area contributed by atoms with Gasteiger partial charge in [0.2, 0.25) is 0 Å². The third-order valence-corrected chi connectivity index (χ3v) is 6.07. The Hall–Kier alpha value is -3.86. The standard InChI is InChI=1S/C26H20FN3O/c1-31-19-12-8-16(9-13-19)23-25-24-21(20-4-2-3-5-22(20)28-24)14-15-30(25)26(29-23)17-6-10-18(27)11-7-17/h2-13,28H,14-15H2,1H3. The highest BCUT2D eigenvalue weighted by molar-refractivity contribution is 5.94. The van der Waals surface area contributed by atoms with Crippen LogP contribution in [0.4, 0.5) is 4.39 Å². The molecule has 0 bridgehead atoms. The number of aryl methyl sites for hydroxylation is 1. The number of fused-ring (bicyclic) bond motifs is 5. The van der Waals surface area contributed by atoms with Crippen molar-refractivity contribution in [1.29, 1.82) is 0 Å². The Bertz CT molecular complexity index is 1410. The zero-order valence-electron chi connectivity index (χ0n) is 17.0. The number of rotatable bonds is 3. The summed E-state index contributed by atoms with van der Waals surface area (Å²) >= 11 is 0. The van der Waals surface area contributed by atoms with E-state index < -0.39 is 0 Å². The predicted octanol–water partition coefficient (Wildman–Crippen LogP) is 6.07. The van der Waals surface area contributed by atoms with Crippen molar-refractivity contribution in [3.63, 3.8) is 0 Å². The summed E-state index contributed by atoms with van der Waals surface area (Å²) in [5, 5.41) is 1.26. The van der Waals surface area contributed by atoms with Crippen LogP contribution in [0.1, 0.15) is 5.56 Å². The first-order chi connectivity index (χ1) is 15.2. The summed E-state index contributed by atoms with van der Waals surface area (Å²) in [7, 11) is 1.66. The number of methoxy groups -OCH3 is 1. The number of ether oxygens (including phenoxy) is 1. The summed E-state index contributed by atoms with van der Waals surface area (Å²) in [6.45, 7) is 0.819. The summed E-state index contributed by atoms with van der Waals surface area (Å²) in [5.74, 6) is 1.41. The van der Waals surface area contributed by atoms with Crippen molar-refractivity contribution < 1.29 is 9.13 Å². The van der Waals surface area contributed by atoms with Gasteiger partial charge in [-0.15, -0.1) is 0 Å². The number of nitrogens with one attached hydrogen (secondary N) is 1. The molecule has 0 saturated carbocycles. The highest BCUT2D eigenvalue weighted by Gasteiger charge is 2.28. The zero-order valence-corrected chi connectivity index (χ0v) is 17.0. The maximum atomic E-state index is 13.6. The predicted molar refractivity (Wildman–Crippen MR) is 121 cm³/mol. The maximum absolute atomic E-state index is 13.6. The van der Waals surface area contributed by atoms with Gasteiger partial charge in [0.05, 0.1) is 24.2 Å². The van der Waals surface area contributed by atoms with Crippen LogP contribution in [0.3, 0.4) is 0 Å². The quantitative estimate of drug-likeness (QED) is 0.393. The number of aromatic amines is 1.